The molecule has 1 saturated heterocycles. The van der Waals surface area contributed by atoms with Gasteiger partial charge in [0.1, 0.15) is 15.6 Å². The molecule has 1 aromatic carbocycles. The summed E-state index contributed by atoms with van der Waals surface area (Å²) >= 11 is 1.48. The summed E-state index contributed by atoms with van der Waals surface area (Å²) in [5.41, 5.74) is 2.99. The summed E-state index contributed by atoms with van der Waals surface area (Å²) in [7, 11) is -0.960. The number of likely N-dealkylation sites (N-methyl/N-ethyl adjacent to an activating group) is 1. The van der Waals surface area contributed by atoms with Crippen LogP contribution in [-0.4, -0.2) is 85.0 Å². The fourth-order valence-corrected chi connectivity index (χ4v) is 7.42. The van der Waals surface area contributed by atoms with Crippen LogP contribution in [0.1, 0.15) is 18.4 Å². The van der Waals surface area contributed by atoms with Crippen molar-refractivity contribution in [2.24, 2.45) is 0 Å². The first kappa shape index (κ1) is 29.4. The number of carbonyl (C=O) groups is 1. The average molecular weight is 625 g/mol. The molecule has 226 valence electrons. The lowest BCUT2D eigenvalue weighted by molar-refractivity contribution is 0.148. The molecule has 0 atom stereocenters. The minimum atomic E-state index is -3.11. The standard InChI is InChI=1S/C30H33FN6O4S2/c1-36-9-11-37(12-10-36)18-19-3-5-24(33-17-19)28-16-25-29(42-28)27(7-8-32-25)41-26-6-4-20(15-23(26)31)34-30(38)35-21-13-22(14-21)43(2,39)40/h3-8,15-17,21-22H,9-14,18H2,1-2H3,(H2,34,35,38). The molecule has 0 spiro atoms. The van der Waals surface area contributed by atoms with Crippen LogP contribution in [0.4, 0.5) is 14.9 Å². The summed E-state index contributed by atoms with van der Waals surface area (Å²) in [4.78, 5) is 27.2. The molecule has 1 aliphatic heterocycles. The molecule has 13 heteroatoms. The van der Waals surface area contributed by atoms with Crippen molar-refractivity contribution >= 4 is 43.1 Å². The number of benzene rings is 1. The molecular formula is C30H33FN6O4S2. The number of ether oxygens (including phenoxy) is 1. The number of nitrogens with zero attached hydrogens (tertiary/aromatic N) is 4. The number of amides is 2. The van der Waals surface area contributed by atoms with Crippen LogP contribution in [0.2, 0.25) is 0 Å². The molecular weight excluding hydrogens is 592 g/mol. The zero-order valence-corrected chi connectivity index (χ0v) is 25.5. The number of nitrogens with one attached hydrogen (secondary N) is 2. The smallest absolute Gasteiger partial charge is 0.319 e. The maximum Gasteiger partial charge on any atom is 0.319 e. The number of aromatic nitrogens is 2. The van der Waals surface area contributed by atoms with E-state index in [-0.39, 0.29) is 17.5 Å². The third-order valence-corrected chi connectivity index (χ3v) is 10.7. The largest absolute Gasteiger partial charge is 0.453 e. The third kappa shape index (κ3) is 6.96. The zero-order valence-electron chi connectivity index (χ0n) is 23.9. The monoisotopic (exact) mass is 624 g/mol. The predicted octanol–water partition coefficient (Wildman–Crippen LogP) is 4.73. The normalized spacial score (nSPS) is 19.6. The van der Waals surface area contributed by atoms with Crippen LogP contribution in [-0.2, 0) is 16.4 Å². The van der Waals surface area contributed by atoms with Gasteiger partial charge >= 0.3 is 6.03 Å². The Morgan fingerprint density at radius 1 is 1.07 bits per heavy atom. The summed E-state index contributed by atoms with van der Waals surface area (Å²) in [5.74, 6) is -0.164. The van der Waals surface area contributed by atoms with E-state index < -0.39 is 26.9 Å². The number of halogens is 1. The summed E-state index contributed by atoms with van der Waals surface area (Å²) in [6, 6.07) is 11.2. The molecule has 0 unspecified atom stereocenters. The zero-order chi connectivity index (χ0) is 30.1. The lowest BCUT2D eigenvalue weighted by Gasteiger charge is -2.34. The fraction of sp³-hybridized carbons (Fsp3) is 0.367. The highest BCUT2D eigenvalue weighted by atomic mass is 32.2. The van der Waals surface area contributed by atoms with Gasteiger partial charge in [-0.2, -0.15) is 0 Å². The highest BCUT2D eigenvalue weighted by molar-refractivity contribution is 7.91. The van der Waals surface area contributed by atoms with Crippen molar-refractivity contribution in [2.45, 2.75) is 30.7 Å². The Balaban J connectivity index is 1.09. The molecule has 2 N–H and O–H groups in total. The summed E-state index contributed by atoms with van der Waals surface area (Å²) < 4.78 is 44.9. The number of thiophene rings is 1. The molecule has 0 bridgehead atoms. The number of fused-ring (bicyclic) bond motifs is 1. The fourth-order valence-electron chi connectivity index (χ4n) is 5.21. The summed E-state index contributed by atoms with van der Waals surface area (Å²) in [6.45, 7) is 5.12. The third-order valence-electron chi connectivity index (χ3n) is 7.90. The van der Waals surface area contributed by atoms with E-state index in [9.17, 15) is 13.2 Å². The van der Waals surface area contributed by atoms with E-state index in [2.05, 4.69) is 38.5 Å². The van der Waals surface area contributed by atoms with Gasteiger partial charge in [-0.05, 0) is 49.7 Å². The number of anilines is 1. The Labute approximate surface area is 253 Å². The molecule has 1 saturated carbocycles. The summed E-state index contributed by atoms with van der Waals surface area (Å²) in [6.07, 6.45) is 5.48. The first-order valence-corrected chi connectivity index (χ1v) is 16.9. The van der Waals surface area contributed by atoms with Gasteiger partial charge in [0.25, 0.3) is 0 Å². The molecule has 1 aliphatic carbocycles. The van der Waals surface area contributed by atoms with Gasteiger partial charge < -0.3 is 20.3 Å². The predicted molar refractivity (Wildman–Crippen MR) is 166 cm³/mol. The molecule has 43 heavy (non-hydrogen) atoms. The minimum absolute atomic E-state index is 0.00906. The maximum atomic E-state index is 15.0. The quantitative estimate of drug-likeness (QED) is 0.289. The molecule has 0 radical (unpaired) electrons. The van der Waals surface area contributed by atoms with E-state index in [1.165, 1.54) is 35.3 Å². The van der Waals surface area contributed by atoms with Crippen molar-refractivity contribution in [3.63, 3.8) is 0 Å². The number of pyridine rings is 2. The SMILES string of the molecule is CN1CCN(Cc2ccc(-c3cc4nccc(Oc5ccc(NC(=O)NC6CC(S(C)(=O)=O)C6)cc5F)c4s3)nc2)CC1. The van der Waals surface area contributed by atoms with E-state index in [1.807, 2.05) is 18.3 Å². The highest BCUT2D eigenvalue weighted by Gasteiger charge is 2.37. The van der Waals surface area contributed by atoms with E-state index in [0.29, 0.717) is 18.6 Å². The van der Waals surface area contributed by atoms with Crippen molar-refractivity contribution in [1.29, 1.82) is 0 Å². The first-order valence-electron chi connectivity index (χ1n) is 14.1. The van der Waals surface area contributed by atoms with Gasteiger partial charge in [-0.1, -0.05) is 6.07 Å². The van der Waals surface area contributed by atoms with Crippen LogP contribution in [0.15, 0.2) is 54.9 Å². The number of urea groups is 1. The van der Waals surface area contributed by atoms with Crippen LogP contribution in [0, 0.1) is 5.82 Å². The minimum Gasteiger partial charge on any atom is -0.453 e. The van der Waals surface area contributed by atoms with Gasteiger partial charge in [0, 0.05) is 75.2 Å². The van der Waals surface area contributed by atoms with Crippen LogP contribution >= 0.6 is 11.3 Å². The second-order valence-corrected chi connectivity index (χ2v) is 14.6. The topological polar surface area (TPSA) is 117 Å². The van der Waals surface area contributed by atoms with Crippen LogP contribution in [0.3, 0.4) is 0 Å². The molecule has 2 fully saturated rings. The Morgan fingerprint density at radius 3 is 2.56 bits per heavy atom. The number of carbonyl (C=O) groups excluding carboxylic acids is 1. The van der Waals surface area contributed by atoms with Gasteiger partial charge in [-0.3, -0.25) is 14.9 Å². The molecule has 2 amide bonds. The van der Waals surface area contributed by atoms with E-state index in [1.54, 1.807) is 18.3 Å². The number of sulfone groups is 1. The van der Waals surface area contributed by atoms with Crippen molar-refractivity contribution in [2.75, 3.05) is 44.8 Å². The van der Waals surface area contributed by atoms with Crippen molar-refractivity contribution < 1.29 is 22.3 Å². The second kappa shape index (κ2) is 12.2. The van der Waals surface area contributed by atoms with Crippen molar-refractivity contribution in [3.05, 3.63) is 66.2 Å². The molecule has 10 nitrogen and oxygen atoms in total. The number of hydrogen-bond donors (Lipinski definition) is 2. The van der Waals surface area contributed by atoms with Gasteiger partial charge in [0.15, 0.2) is 11.6 Å². The molecule has 4 aromatic rings. The van der Waals surface area contributed by atoms with E-state index >= 15 is 4.39 Å². The van der Waals surface area contributed by atoms with E-state index in [4.69, 9.17) is 9.72 Å². The molecule has 4 heterocycles. The first-order chi connectivity index (χ1) is 20.6. The number of rotatable bonds is 8. The number of piperazine rings is 1. The lowest BCUT2D eigenvalue weighted by Crippen LogP contribution is -2.50. The van der Waals surface area contributed by atoms with Gasteiger partial charge in [0.05, 0.1) is 26.0 Å². The van der Waals surface area contributed by atoms with Crippen LogP contribution < -0.4 is 15.4 Å². The van der Waals surface area contributed by atoms with Gasteiger partial charge in [-0.15, -0.1) is 11.3 Å². The molecule has 6 rings (SSSR count). The Kier molecular flexibility index (Phi) is 8.32. The van der Waals surface area contributed by atoms with E-state index in [0.717, 1.165) is 53.5 Å². The average Bonchev–Trinajstić information content (AvgIpc) is 3.38. The van der Waals surface area contributed by atoms with Crippen LogP contribution in [0.5, 0.6) is 11.5 Å². The number of hydrogen-bond acceptors (Lipinski definition) is 9. The Hall–Kier alpha value is -3.65. The molecule has 3 aromatic heterocycles. The van der Waals surface area contributed by atoms with Crippen molar-refractivity contribution in [1.82, 2.24) is 25.1 Å². The lowest BCUT2D eigenvalue weighted by atomic mass is 9.92. The van der Waals surface area contributed by atoms with Crippen molar-refractivity contribution in [3.8, 4) is 22.1 Å². The Bertz CT molecular complexity index is 1730. The summed E-state index contributed by atoms with van der Waals surface area (Å²) in [5, 5.41) is 4.88. The van der Waals surface area contributed by atoms with Gasteiger partial charge in [-0.25, -0.2) is 17.6 Å². The second-order valence-electron chi connectivity index (χ2n) is 11.2. The Morgan fingerprint density at radius 2 is 1.86 bits per heavy atom. The van der Waals surface area contributed by atoms with Crippen LogP contribution in [0.25, 0.3) is 20.8 Å². The maximum absolute atomic E-state index is 15.0. The highest BCUT2D eigenvalue weighted by Crippen LogP contribution is 2.39. The molecule has 2 aliphatic rings. The van der Waals surface area contributed by atoms with Gasteiger partial charge in [0.2, 0.25) is 0 Å².